The number of aromatic nitrogens is 3. The molecule has 0 saturated carbocycles. The zero-order valence-electron chi connectivity index (χ0n) is 17.4. The lowest BCUT2D eigenvalue weighted by Gasteiger charge is -2.38. The average Bonchev–Trinajstić information content (AvgIpc) is 3.38. The van der Waals surface area contributed by atoms with Crippen molar-refractivity contribution < 1.29 is 9.15 Å². The summed E-state index contributed by atoms with van der Waals surface area (Å²) in [4.78, 5) is 26.2. The van der Waals surface area contributed by atoms with Crippen molar-refractivity contribution >= 4 is 10.9 Å². The minimum absolute atomic E-state index is 0.317. The summed E-state index contributed by atoms with van der Waals surface area (Å²) in [5.74, 6) is 0.638. The molecule has 30 heavy (non-hydrogen) atoms. The number of nitrogens with zero attached hydrogens (tertiary/aromatic N) is 3. The maximum Gasteiger partial charge on any atom is 0.331 e. The van der Waals surface area contributed by atoms with Gasteiger partial charge in [0, 0.05) is 14.1 Å². The quantitative estimate of drug-likeness (QED) is 0.514. The number of benzene rings is 1. The van der Waals surface area contributed by atoms with Gasteiger partial charge in [-0.25, -0.2) is 4.79 Å². The van der Waals surface area contributed by atoms with Gasteiger partial charge in [-0.05, 0) is 31.5 Å². The van der Waals surface area contributed by atoms with Gasteiger partial charge in [0.25, 0.3) is 5.56 Å². The molecule has 1 aromatic carbocycles. The third kappa shape index (κ3) is 2.42. The maximum absolute atomic E-state index is 13.4. The molecule has 0 fully saturated rings. The van der Waals surface area contributed by atoms with Crippen LogP contribution in [0.25, 0.3) is 22.2 Å². The van der Waals surface area contributed by atoms with Crippen LogP contribution in [0.1, 0.15) is 31.4 Å². The Morgan fingerprint density at radius 3 is 2.40 bits per heavy atom. The highest BCUT2D eigenvalue weighted by Crippen LogP contribution is 2.45. The van der Waals surface area contributed by atoms with Crippen LogP contribution < -0.4 is 11.2 Å². The standard InChI is InChI=1S/C23H23N3O4/c1-23(2)13-30-20(15-11-8-12-29-15)19-18-16(21(27)25(4)22(28)24(18)3)17(26(19)23)14-9-6-5-7-10-14/h5-12,20H,13H2,1-4H3/t20-/m0/s1. The molecule has 0 aliphatic carbocycles. The summed E-state index contributed by atoms with van der Waals surface area (Å²) < 4.78 is 16.8. The summed E-state index contributed by atoms with van der Waals surface area (Å²) in [5, 5.41) is 0.510. The molecule has 3 aromatic heterocycles. The number of rotatable bonds is 2. The monoisotopic (exact) mass is 405 g/mol. The normalized spacial score (nSPS) is 17.9. The third-order valence-corrected chi connectivity index (χ3v) is 5.91. The molecule has 7 nitrogen and oxygen atoms in total. The number of fused-ring (bicyclic) bond motifs is 3. The van der Waals surface area contributed by atoms with Crippen LogP contribution in [0.4, 0.5) is 0 Å². The average molecular weight is 405 g/mol. The highest BCUT2D eigenvalue weighted by Gasteiger charge is 2.41. The van der Waals surface area contributed by atoms with Crippen LogP contribution in [-0.2, 0) is 24.4 Å². The van der Waals surface area contributed by atoms with Gasteiger partial charge in [-0.3, -0.25) is 13.9 Å². The van der Waals surface area contributed by atoms with E-state index in [1.807, 2.05) is 42.5 Å². The molecule has 1 aliphatic heterocycles. The van der Waals surface area contributed by atoms with Crippen molar-refractivity contribution in [1.29, 1.82) is 0 Å². The fourth-order valence-corrected chi connectivity index (χ4v) is 4.52. The second kappa shape index (κ2) is 6.34. The number of furan rings is 1. The van der Waals surface area contributed by atoms with Gasteiger partial charge >= 0.3 is 5.69 Å². The van der Waals surface area contributed by atoms with E-state index in [-0.39, 0.29) is 11.2 Å². The Hall–Kier alpha value is -3.32. The second-order valence-corrected chi connectivity index (χ2v) is 8.38. The number of ether oxygens (including phenoxy) is 1. The molecular weight excluding hydrogens is 382 g/mol. The van der Waals surface area contributed by atoms with Crippen LogP contribution in [0.2, 0.25) is 0 Å². The molecule has 4 heterocycles. The molecule has 7 heteroatoms. The van der Waals surface area contributed by atoms with Gasteiger partial charge in [0.05, 0.1) is 40.7 Å². The molecule has 0 saturated heterocycles. The van der Waals surface area contributed by atoms with Gasteiger partial charge in [0.1, 0.15) is 5.76 Å². The first-order valence-electron chi connectivity index (χ1n) is 9.88. The van der Waals surface area contributed by atoms with Gasteiger partial charge < -0.3 is 13.7 Å². The van der Waals surface area contributed by atoms with Crippen molar-refractivity contribution in [2.24, 2.45) is 14.1 Å². The first kappa shape index (κ1) is 18.7. The van der Waals surface area contributed by atoms with Crippen molar-refractivity contribution in [3.63, 3.8) is 0 Å². The zero-order valence-corrected chi connectivity index (χ0v) is 17.4. The number of hydrogen-bond donors (Lipinski definition) is 0. The van der Waals surface area contributed by atoms with Gasteiger partial charge in [-0.2, -0.15) is 0 Å². The molecule has 1 atom stereocenters. The smallest absolute Gasteiger partial charge is 0.331 e. The van der Waals surface area contributed by atoms with Crippen molar-refractivity contribution in [3.8, 4) is 11.3 Å². The summed E-state index contributed by atoms with van der Waals surface area (Å²) in [7, 11) is 3.21. The predicted octanol–water partition coefficient (Wildman–Crippen LogP) is 3.15. The lowest BCUT2D eigenvalue weighted by molar-refractivity contribution is -0.0164. The van der Waals surface area contributed by atoms with Crippen molar-refractivity contribution in [2.75, 3.05) is 6.61 Å². The molecule has 0 amide bonds. The van der Waals surface area contributed by atoms with E-state index < -0.39 is 11.6 Å². The molecule has 0 spiro atoms. The zero-order chi connectivity index (χ0) is 21.2. The Bertz CT molecular complexity index is 1370. The summed E-state index contributed by atoms with van der Waals surface area (Å²) >= 11 is 0. The summed E-state index contributed by atoms with van der Waals surface area (Å²) in [5.41, 5.74) is 1.91. The Kier molecular flexibility index (Phi) is 3.95. The van der Waals surface area contributed by atoms with Crippen LogP contribution >= 0.6 is 0 Å². The summed E-state index contributed by atoms with van der Waals surface area (Å²) in [6.45, 7) is 4.58. The molecule has 1 aliphatic rings. The van der Waals surface area contributed by atoms with E-state index in [1.54, 1.807) is 13.3 Å². The van der Waals surface area contributed by atoms with Gasteiger partial charge in [-0.1, -0.05) is 30.3 Å². The summed E-state index contributed by atoms with van der Waals surface area (Å²) in [6, 6.07) is 13.5. The Balaban J connectivity index is 2.05. The largest absolute Gasteiger partial charge is 0.466 e. The molecule has 0 N–H and O–H groups in total. The Labute approximate surface area is 172 Å². The van der Waals surface area contributed by atoms with Gasteiger partial charge in [0.2, 0.25) is 0 Å². The van der Waals surface area contributed by atoms with Crippen LogP contribution in [-0.4, -0.2) is 20.3 Å². The molecule has 0 radical (unpaired) electrons. The van der Waals surface area contributed by atoms with E-state index >= 15 is 0 Å². The third-order valence-electron chi connectivity index (χ3n) is 5.91. The maximum atomic E-state index is 13.4. The first-order chi connectivity index (χ1) is 14.3. The highest BCUT2D eigenvalue weighted by atomic mass is 16.5. The first-order valence-corrected chi connectivity index (χ1v) is 9.88. The van der Waals surface area contributed by atoms with Crippen LogP contribution in [0, 0.1) is 0 Å². The van der Waals surface area contributed by atoms with Crippen molar-refractivity contribution in [2.45, 2.75) is 25.5 Å². The van der Waals surface area contributed by atoms with Crippen LogP contribution in [0.15, 0.2) is 62.7 Å². The topological polar surface area (TPSA) is 71.3 Å². The van der Waals surface area contributed by atoms with E-state index in [0.717, 1.165) is 21.5 Å². The molecular formula is C23H23N3O4. The van der Waals surface area contributed by atoms with E-state index in [4.69, 9.17) is 9.15 Å². The van der Waals surface area contributed by atoms with Gasteiger partial charge in [0.15, 0.2) is 6.10 Å². The van der Waals surface area contributed by atoms with Crippen LogP contribution in [0.5, 0.6) is 0 Å². The minimum Gasteiger partial charge on any atom is -0.466 e. The molecule has 5 rings (SSSR count). The molecule has 154 valence electrons. The predicted molar refractivity (Wildman–Crippen MR) is 114 cm³/mol. The number of hydrogen-bond acceptors (Lipinski definition) is 4. The van der Waals surface area contributed by atoms with E-state index in [9.17, 15) is 9.59 Å². The Morgan fingerprint density at radius 1 is 1.00 bits per heavy atom. The summed E-state index contributed by atoms with van der Waals surface area (Å²) in [6.07, 6.45) is 1.08. The molecule has 0 unspecified atom stereocenters. The second-order valence-electron chi connectivity index (χ2n) is 8.38. The van der Waals surface area contributed by atoms with Gasteiger partial charge in [-0.15, -0.1) is 0 Å². The van der Waals surface area contributed by atoms with E-state index in [0.29, 0.717) is 23.3 Å². The SMILES string of the molecule is Cn1c(=O)c2c(-c3ccccc3)n3c(c2n(C)c1=O)[C@H](c1ccco1)OCC3(C)C. The van der Waals surface area contributed by atoms with E-state index in [1.165, 1.54) is 11.6 Å². The molecule has 0 bridgehead atoms. The lowest BCUT2D eigenvalue weighted by Crippen LogP contribution is -2.40. The van der Waals surface area contributed by atoms with Crippen LogP contribution in [0.3, 0.4) is 0 Å². The fraction of sp³-hybridized carbons (Fsp3) is 0.304. The number of aryl methyl sites for hydroxylation is 1. The minimum atomic E-state index is -0.523. The highest BCUT2D eigenvalue weighted by molar-refractivity contribution is 5.96. The van der Waals surface area contributed by atoms with Crippen molar-refractivity contribution in [3.05, 3.63) is 81.0 Å². The lowest BCUT2D eigenvalue weighted by atomic mass is 10.0. The van der Waals surface area contributed by atoms with Crippen molar-refractivity contribution in [1.82, 2.24) is 13.7 Å². The fourth-order valence-electron chi connectivity index (χ4n) is 4.52. The molecule has 4 aromatic rings. The van der Waals surface area contributed by atoms with E-state index in [2.05, 4.69) is 18.4 Å². The Morgan fingerprint density at radius 2 is 1.73 bits per heavy atom.